The van der Waals surface area contributed by atoms with E-state index < -0.39 is 5.60 Å². The first-order chi connectivity index (χ1) is 17.4. The molecule has 36 heavy (non-hydrogen) atoms. The number of fused-ring (bicyclic) bond motifs is 1. The highest BCUT2D eigenvalue weighted by Crippen LogP contribution is 2.24. The Kier molecular flexibility index (Phi) is 8.73. The lowest BCUT2D eigenvalue weighted by atomic mass is 10.1. The van der Waals surface area contributed by atoms with E-state index in [2.05, 4.69) is 22.4 Å². The highest BCUT2D eigenvalue weighted by Gasteiger charge is 2.29. The number of para-hydroxylation sites is 1. The van der Waals surface area contributed by atoms with E-state index in [4.69, 9.17) is 13.9 Å². The van der Waals surface area contributed by atoms with Gasteiger partial charge in [-0.25, -0.2) is 4.79 Å². The van der Waals surface area contributed by atoms with Crippen LogP contribution < -0.4 is 10.1 Å². The summed E-state index contributed by atoms with van der Waals surface area (Å²) in [6, 6.07) is 16.8. The van der Waals surface area contributed by atoms with Gasteiger partial charge in [-0.05, 0) is 82.2 Å². The molecule has 0 unspecified atom stereocenters. The summed E-state index contributed by atoms with van der Waals surface area (Å²) >= 11 is 0. The zero-order valence-electron chi connectivity index (χ0n) is 21.8. The molecule has 1 fully saturated rings. The monoisotopic (exact) mass is 493 g/mol. The van der Waals surface area contributed by atoms with Crippen molar-refractivity contribution in [3.05, 3.63) is 54.1 Å². The van der Waals surface area contributed by atoms with Crippen LogP contribution in [-0.4, -0.2) is 47.8 Å². The first-order valence-electron chi connectivity index (χ1n) is 13.1. The molecule has 1 amide bonds. The Morgan fingerprint density at radius 1 is 1.11 bits per heavy atom. The minimum Gasteiger partial charge on any atom is -0.494 e. The van der Waals surface area contributed by atoms with Crippen molar-refractivity contribution in [3.63, 3.8) is 0 Å². The molecule has 0 aliphatic carbocycles. The van der Waals surface area contributed by atoms with Crippen LogP contribution in [0.1, 0.15) is 58.4 Å². The number of carbonyl (C=O) groups is 1. The number of aromatic nitrogens is 1. The topological polar surface area (TPSA) is 76.8 Å². The van der Waals surface area contributed by atoms with E-state index >= 15 is 0 Å². The number of oxazole rings is 1. The van der Waals surface area contributed by atoms with E-state index in [1.807, 2.05) is 57.2 Å². The number of hydrogen-bond donors (Lipinski definition) is 1. The van der Waals surface area contributed by atoms with Crippen LogP contribution in [0.3, 0.4) is 0 Å². The molecular weight excluding hydrogens is 454 g/mol. The van der Waals surface area contributed by atoms with Crippen LogP contribution >= 0.6 is 0 Å². The molecule has 1 atom stereocenters. The maximum absolute atomic E-state index is 12.3. The van der Waals surface area contributed by atoms with Crippen molar-refractivity contribution in [2.45, 2.75) is 64.9 Å². The van der Waals surface area contributed by atoms with Crippen molar-refractivity contribution in [2.75, 3.05) is 31.6 Å². The second-order valence-corrected chi connectivity index (χ2v) is 10.6. The second-order valence-electron chi connectivity index (χ2n) is 10.6. The van der Waals surface area contributed by atoms with Gasteiger partial charge in [-0.1, -0.05) is 37.1 Å². The van der Waals surface area contributed by atoms with Crippen molar-refractivity contribution >= 4 is 23.2 Å². The Bertz CT molecular complexity index is 1110. The summed E-state index contributed by atoms with van der Waals surface area (Å²) in [4.78, 5) is 18.6. The van der Waals surface area contributed by atoms with Crippen LogP contribution in [-0.2, 0) is 11.2 Å². The fraction of sp³-hybridized carbons (Fsp3) is 0.517. The number of amides is 1. The molecule has 7 nitrogen and oxygen atoms in total. The SMILES string of the molecule is CC(C)(C)OC(=O)N1CC[C@H](CNc2nc3ccc(CCCCCCOc4ccccc4)cc3o2)C1. The molecule has 4 rings (SSSR count). The fourth-order valence-electron chi connectivity index (χ4n) is 4.41. The normalized spacial score (nSPS) is 15.9. The number of benzene rings is 2. The van der Waals surface area contributed by atoms with Crippen LogP contribution in [0.25, 0.3) is 11.1 Å². The Labute approximate surface area is 214 Å². The van der Waals surface area contributed by atoms with Gasteiger partial charge in [0.15, 0.2) is 5.58 Å². The maximum atomic E-state index is 12.3. The van der Waals surface area contributed by atoms with Gasteiger partial charge < -0.3 is 24.1 Å². The zero-order chi connectivity index (χ0) is 25.4. The van der Waals surface area contributed by atoms with Crippen LogP contribution in [0.2, 0.25) is 0 Å². The molecule has 3 aromatic rings. The van der Waals surface area contributed by atoms with E-state index in [0.717, 1.165) is 62.1 Å². The van der Waals surface area contributed by atoms with Crippen LogP contribution in [0.15, 0.2) is 52.9 Å². The average Bonchev–Trinajstić information content (AvgIpc) is 3.48. The van der Waals surface area contributed by atoms with E-state index in [1.54, 1.807) is 4.90 Å². The van der Waals surface area contributed by atoms with Crippen molar-refractivity contribution in [2.24, 2.45) is 5.92 Å². The van der Waals surface area contributed by atoms with Gasteiger partial charge in [-0.15, -0.1) is 0 Å². The number of ether oxygens (including phenoxy) is 2. The highest BCUT2D eigenvalue weighted by molar-refractivity contribution is 5.75. The summed E-state index contributed by atoms with van der Waals surface area (Å²) in [6.07, 6.45) is 6.29. The van der Waals surface area contributed by atoms with Crippen LogP contribution in [0.5, 0.6) is 5.75 Å². The van der Waals surface area contributed by atoms with Crippen molar-refractivity contribution in [1.29, 1.82) is 0 Å². The number of carbonyl (C=O) groups excluding carboxylic acids is 1. The van der Waals surface area contributed by atoms with Crippen LogP contribution in [0, 0.1) is 5.92 Å². The molecular formula is C29H39N3O4. The predicted octanol–water partition coefficient (Wildman–Crippen LogP) is 6.68. The Hall–Kier alpha value is -3.22. The summed E-state index contributed by atoms with van der Waals surface area (Å²) in [7, 11) is 0. The van der Waals surface area contributed by atoms with Gasteiger partial charge in [0.2, 0.25) is 0 Å². The Morgan fingerprint density at radius 2 is 1.92 bits per heavy atom. The number of likely N-dealkylation sites (tertiary alicyclic amines) is 1. The number of aryl methyl sites for hydroxylation is 1. The number of rotatable bonds is 11. The Balaban J connectivity index is 1.15. The summed E-state index contributed by atoms with van der Waals surface area (Å²) in [5.74, 6) is 1.29. The van der Waals surface area contributed by atoms with Gasteiger partial charge in [-0.2, -0.15) is 4.98 Å². The third kappa shape index (κ3) is 7.90. The molecule has 1 saturated heterocycles. The summed E-state index contributed by atoms with van der Waals surface area (Å²) in [5, 5.41) is 3.32. The van der Waals surface area contributed by atoms with Gasteiger partial charge in [0.25, 0.3) is 6.01 Å². The van der Waals surface area contributed by atoms with E-state index in [1.165, 1.54) is 12.0 Å². The third-order valence-corrected chi connectivity index (χ3v) is 6.30. The van der Waals surface area contributed by atoms with Gasteiger partial charge in [0, 0.05) is 19.6 Å². The highest BCUT2D eigenvalue weighted by atomic mass is 16.6. The first kappa shape index (κ1) is 25.9. The standard InChI is InChI=1S/C29H39N3O4/c1-29(2,3)36-28(33)32-17-16-23(21-32)20-30-27-31-25-15-14-22(19-26(25)35-27)11-7-4-5-10-18-34-24-12-8-6-9-13-24/h6,8-9,12-15,19,23H,4-5,7,10-11,16-18,20-21H2,1-3H3,(H,30,31)/t23-/m1/s1. The quantitative estimate of drug-likeness (QED) is 0.300. The molecule has 0 saturated carbocycles. The molecule has 1 aliphatic heterocycles. The van der Waals surface area contributed by atoms with E-state index in [9.17, 15) is 4.79 Å². The lowest BCUT2D eigenvalue weighted by Gasteiger charge is -2.24. The molecule has 1 aliphatic rings. The number of nitrogens with one attached hydrogen (secondary N) is 1. The number of nitrogens with zero attached hydrogens (tertiary/aromatic N) is 2. The van der Waals surface area contributed by atoms with Crippen molar-refractivity contribution in [1.82, 2.24) is 9.88 Å². The fourth-order valence-corrected chi connectivity index (χ4v) is 4.41. The second kappa shape index (κ2) is 12.2. The number of unbranched alkanes of at least 4 members (excludes halogenated alkanes) is 3. The van der Waals surface area contributed by atoms with Gasteiger partial charge in [0.05, 0.1) is 6.61 Å². The minimum absolute atomic E-state index is 0.236. The van der Waals surface area contributed by atoms with Gasteiger partial charge in [0.1, 0.15) is 16.9 Å². The molecule has 1 aromatic heterocycles. The Morgan fingerprint density at radius 3 is 2.72 bits per heavy atom. The van der Waals surface area contributed by atoms with E-state index in [-0.39, 0.29) is 6.09 Å². The molecule has 7 heteroatoms. The lowest BCUT2D eigenvalue weighted by Crippen LogP contribution is -2.35. The largest absolute Gasteiger partial charge is 0.494 e. The minimum atomic E-state index is -0.470. The number of anilines is 1. The van der Waals surface area contributed by atoms with Crippen LogP contribution in [0.4, 0.5) is 10.8 Å². The molecule has 194 valence electrons. The van der Waals surface area contributed by atoms with Gasteiger partial charge >= 0.3 is 6.09 Å². The number of hydrogen-bond acceptors (Lipinski definition) is 6. The van der Waals surface area contributed by atoms with Gasteiger partial charge in [-0.3, -0.25) is 0 Å². The molecule has 0 spiro atoms. The smallest absolute Gasteiger partial charge is 0.410 e. The third-order valence-electron chi connectivity index (χ3n) is 6.30. The first-order valence-corrected chi connectivity index (χ1v) is 13.1. The lowest BCUT2D eigenvalue weighted by molar-refractivity contribution is 0.0289. The zero-order valence-corrected chi connectivity index (χ0v) is 21.8. The molecule has 1 N–H and O–H groups in total. The van der Waals surface area contributed by atoms with E-state index in [0.29, 0.717) is 25.0 Å². The average molecular weight is 494 g/mol. The molecule has 0 radical (unpaired) electrons. The predicted molar refractivity (Wildman–Crippen MR) is 143 cm³/mol. The molecule has 2 aromatic carbocycles. The summed E-state index contributed by atoms with van der Waals surface area (Å²) < 4.78 is 17.2. The maximum Gasteiger partial charge on any atom is 0.410 e. The van der Waals surface area contributed by atoms with Crippen molar-refractivity contribution < 1.29 is 18.7 Å². The van der Waals surface area contributed by atoms with Crippen molar-refractivity contribution in [3.8, 4) is 5.75 Å². The summed E-state index contributed by atoms with van der Waals surface area (Å²) in [5.41, 5.74) is 2.48. The molecule has 2 heterocycles. The molecule has 0 bridgehead atoms. The summed E-state index contributed by atoms with van der Waals surface area (Å²) in [6.45, 7) is 8.56.